The fourth-order valence-corrected chi connectivity index (χ4v) is 4.38. The van der Waals surface area contributed by atoms with Gasteiger partial charge < -0.3 is 10.3 Å². The predicted octanol–water partition coefficient (Wildman–Crippen LogP) is 2.73. The molecular weight excluding hydrogens is 400 g/mol. The summed E-state index contributed by atoms with van der Waals surface area (Å²) in [5.41, 5.74) is 7.89. The number of aryl methyl sites for hydroxylation is 1. The first-order valence-corrected chi connectivity index (χ1v) is 11.0. The van der Waals surface area contributed by atoms with Crippen LogP contribution in [0.2, 0.25) is 0 Å². The number of carbonyl (C=O) groups is 1. The van der Waals surface area contributed by atoms with Crippen molar-refractivity contribution in [1.82, 2.24) is 24.9 Å². The summed E-state index contributed by atoms with van der Waals surface area (Å²) in [5.74, 6) is 1.05. The minimum absolute atomic E-state index is 0.134. The molecule has 1 aromatic carbocycles. The van der Waals surface area contributed by atoms with Crippen LogP contribution in [0.1, 0.15) is 47.7 Å². The second-order valence-corrected chi connectivity index (χ2v) is 8.33. The molecule has 30 heavy (non-hydrogen) atoms. The van der Waals surface area contributed by atoms with Gasteiger partial charge in [-0.1, -0.05) is 24.2 Å². The maximum absolute atomic E-state index is 11.2. The van der Waals surface area contributed by atoms with Gasteiger partial charge in [-0.3, -0.25) is 14.6 Å². The van der Waals surface area contributed by atoms with Crippen LogP contribution in [0, 0.1) is 0 Å². The lowest BCUT2D eigenvalue weighted by molar-refractivity contribution is 0.0840. The Morgan fingerprint density at radius 3 is 2.57 bits per heavy atom. The van der Waals surface area contributed by atoms with Gasteiger partial charge in [-0.05, 0) is 19.1 Å². The van der Waals surface area contributed by atoms with Crippen LogP contribution in [0.3, 0.4) is 0 Å². The fraction of sp³-hybridized carbons (Fsp3) is 0.429. The molecule has 8 nitrogen and oxygen atoms in total. The van der Waals surface area contributed by atoms with Gasteiger partial charge in [0.25, 0.3) is 0 Å². The van der Waals surface area contributed by atoms with Crippen molar-refractivity contribution in [2.24, 2.45) is 5.73 Å². The molecule has 0 aliphatic carbocycles. The van der Waals surface area contributed by atoms with E-state index in [4.69, 9.17) is 15.2 Å². The third-order valence-corrected chi connectivity index (χ3v) is 6.41. The van der Waals surface area contributed by atoms with Crippen LogP contribution in [0.25, 0.3) is 10.6 Å². The molecule has 1 saturated heterocycles. The Balaban J connectivity index is 1.31. The summed E-state index contributed by atoms with van der Waals surface area (Å²) in [6.45, 7) is 8.83. The maximum Gasteiger partial charge on any atom is 0.248 e. The summed E-state index contributed by atoms with van der Waals surface area (Å²) in [6, 6.07) is 7.40. The van der Waals surface area contributed by atoms with E-state index in [1.165, 1.54) is 0 Å². The zero-order valence-electron chi connectivity index (χ0n) is 17.2. The Kier molecular flexibility index (Phi) is 6.21. The largest absolute Gasteiger partial charge is 0.366 e. The molecule has 9 heteroatoms. The molecule has 0 saturated carbocycles. The normalized spacial score (nSPS) is 16.6. The van der Waals surface area contributed by atoms with E-state index in [1.54, 1.807) is 23.5 Å². The molecule has 1 aliphatic rings. The smallest absolute Gasteiger partial charge is 0.248 e. The average molecular weight is 427 g/mol. The lowest BCUT2D eigenvalue weighted by Gasteiger charge is -2.36. The van der Waals surface area contributed by atoms with E-state index in [1.807, 2.05) is 19.1 Å². The van der Waals surface area contributed by atoms with E-state index >= 15 is 0 Å². The zero-order chi connectivity index (χ0) is 21.1. The summed E-state index contributed by atoms with van der Waals surface area (Å²) < 4.78 is 5.41. The third-order valence-electron chi connectivity index (χ3n) is 5.47. The number of hydrogen-bond acceptors (Lipinski definition) is 8. The fourth-order valence-electron chi connectivity index (χ4n) is 3.56. The van der Waals surface area contributed by atoms with Crippen LogP contribution in [0.15, 0.2) is 34.2 Å². The Morgan fingerprint density at radius 1 is 1.20 bits per heavy atom. The number of aromatic nitrogens is 3. The summed E-state index contributed by atoms with van der Waals surface area (Å²) in [4.78, 5) is 25.3. The number of nitrogens with zero attached hydrogens (tertiary/aromatic N) is 5. The molecule has 0 bridgehead atoms. The summed E-state index contributed by atoms with van der Waals surface area (Å²) >= 11 is 1.62. The standard InChI is InChI=1S/C21H26N6O2S/c1-3-18-24-20(29-25-18)14(2)27-10-8-26(9-11-27)12-17-13-30-21(23-17)16-6-4-15(5-7-16)19(22)28/h4-7,13-14H,3,8-12H2,1-2H3,(H2,22,28). The first-order chi connectivity index (χ1) is 14.5. The molecule has 1 amide bonds. The van der Waals surface area contributed by atoms with E-state index in [0.29, 0.717) is 11.5 Å². The highest BCUT2D eigenvalue weighted by Gasteiger charge is 2.26. The summed E-state index contributed by atoms with van der Waals surface area (Å²) in [6.07, 6.45) is 0.787. The molecule has 1 aliphatic heterocycles. The van der Waals surface area contributed by atoms with Gasteiger partial charge in [-0.15, -0.1) is 11.3 Å². The quantitative estimate of drug-likeness (QED) is 0.620. The number of amides is 1. The topological polar surface area (TPSA) is 101 Å². The molecule has 0 radical (unpaired) electrons. The van der Waals surface area contributed by atoms with Crippen LogP contribution in [-0.2, 0) is 13.0 Å². The van der Waals surface area contributed by atoms with E-state index in [9.17, 15) is 4.79 Å². The Morgan fingerprint density at radius 2 is 1.93 bits per heavy atom. The Hall–Kier alpha value is -2.62. The van der Waals surface area contributed by atoms with Gasteiger partial charge in [-0.25, -0.2) is 4.98 Å². The number of hydrogen-bond donors (Lipinski definition) is 1. The minimum atomic E-state index is -0.417. The van der Waals surface area contributed by atoms with Crippen molar-refractivity contribution in [1.29, 1.82) is 0 Å². The number of primary amides is 1. The van der Waals surface area contributed by atoms with Crippen molar-refractivity contribution in [3.63, 3.8) is 0 Å². The summed E-state index contributed by atoms with van der Waals surface area (Å²) in [5, 5.41) is 7.07. The van der Waals surface area contributed by atoms with Crippen molar-refractivity contribution >= 4 is 17.2 Å². The van der Waals surface area contributed by atoms with Gasteiger partial charge in [0.05, 0.1) is 11.7 Å². The number of thiazole rings is 1. The van der Waals surface area contributed by atoms with Crippen LogP contribution < -0.4 is 5.73 Å². The van der Waals surface area contributed by atoms with Crippen LogP contribution >= 0.6 is 11.3 Å². The highest BCUT2D eigenvalue weighted by molar-refractivity contribution is 7.13. The van der Waals surface area contributed by atoms with Gasteiger partial charge in [0.2, 0.25) is 11.8 Å². The minimum Gasteiger partial charge on any atom is -0.366 e. The van der Waals surface area contributed by atoms with Crippen LogP contribution in [0.5, 0.6) is 0 Å². The third kappa shape index (κ3) is 4.58. The number of carbonyl (C=O) groups excluding carboxylic acids is 1. The van der Waals surface area contributed by atoms with Crippen LogP contribution in [0.4, 0.5) is 0 Å². The molecule has 2 aromatic heterocycles. The number of piperazine rings is 1. The number of nitrogens with two attached hydrogens (primary N) is 1. The van der Waals surface area contributed by atoms with Crippen molar-refractivity contribution in [2.45, 2.75) is 32.9 Å². The van der Waals surface area contributed by atoms with Crippen molar-refractivity contribution < 1.29 is 9.32 Å². The monoisotopic (exact) mass is 426 g/mol. The van der Waals surface area contributed by atoms with Gasteiger partial charge in [0.1, 0.15) is 5.01 Å². The van der Waals surface area contributed by atoms with E-state index in [0.717, 1.165) is 61.2 Å². The van der Waals surface area contributed by atoms with Gasteiger partial charge >= 0.3 is 0 Å². The molecule has 158 valence electrons. The molecule has 2 N–H and O–H groups in total. The Labute approximate surface area is 179 Å². The van der Waals surface area contributed by atoms with Gasteiger partial charge in [-0.2, -0.15) is 4.98 Å². The molecule has 4 rings (SSSR count). The van der Waals surface area contributed by atoms with Crippen molar-refractivity contribution in [2.75, 3.05) is 26.2 Å². The molecule has 3 aromatic rings. The molecule has 0 spiro atoms. The molecular formula is C21H26N6O2S. The highest BCUT2D eigenvalue weighted by Crippen LogP contribution is 2.25. The second-order valence-electron chi connectivity index (χ2n) is 7.48. The zero-order valence-corrected chi connectivity index (χ0v) is 18.1. The van der Waals surface area contributed by atoms with E-state index in [-0.39, 0.29) is 6.04 Å². The molecule has 1 fully saturated rings. The lowest BCUT2D eigenvalue weighted by atomic mass is 10.1. The number of benzene rings is 1. The SMILES string of the molecule is CCc1noc(C(C)N2CCN(Cc3csc(-c4ccc(C(N)=O)cc4)n3)CC2)n1. The predicted molar refractivity (Wildman–Crippen MR) is 115 cm³/mol. The summed E-state index contributed by atoms with van der Waals surface area (Å²) in [7, 11) is 0. The van der Waals surface area contributed by atoms with Crippen molar-refractivity contribution in [3.05, 3.63) is 52.6 Å². The first-order valence-electron chi connectivity index (χ1n) is 10.2. The first kappa shape index (κ1) is 20.6. The number of rotatable bonds is 7. The van der Waals surface area contributed by atoms with Gasteiger partial charge in [0.15, 0.2) is 5.82 Å². The molecule has 3 heterocycles. The molecule has 1 atom stereocenters. The maximum atomic E-state index is 11.2. The van der Waals surface area contributed by atoms with Gasteiger partial charge in [0, 0.05) is 55.7 Å². The van der Waals surface area contributed by atoms with E-state index < -0.39 is 5.91 Å². The Bertz CT molecular complexity index is 991. The van der Waals surface area contributed by atoms with Crippen LogP contribution in [-0.4, -0.2) is 57.0 Å². The van der Waals surface area contributed by atoms with E-state index in [2.05, 4.69) is 32.2 Å². The average Bonchev–Trinajstić information content (AvgIpc) is 3.43. The second kappa shape index (κ2) is 9.03. The van der Waals surface area contributed by atoms with Crippen molar-refractivity contribution in [3.8, 4) is 10.6 Å². The lowest BCUT2D eigenvalue weighted by Crippen LogP contribution is -2.46. The highest BCUT2D eigenvalue weighted by atomic mass is 32.1. The molecule has 1 unspecified atom stereocenters.